The van der Waals surface area contributed by atoms with Crippen molar-refractivity contribution in [2.45, 2.75) is 30.7 Å². The fourth-order valence-corrected chi connectivity index (χ4v) is 4.95. The molecule has 13 heteroatoms. The summed E-state index contributed by atoms with van der Waals surface area (Å²) in [5.41, 5.74) is -4.75. The average Bonchev–Trinajstić information content (AvgIpc) is 2.97. The van der Waals surface area contributed by atoms with Crippen molar-refractivity contribution < 1.29 is 49.4 Å². The zero-order valence-electron chi connectivity index (χ0n) is 22.8. The van der Waals surface area contributed by atoms with Crippen molar-refractivity contribution >= 4 is 12.0 Å². The molecule has 0 spiro atoms. The third-order valence-corrected chi connectivity index (χ3v) is 7.04. The maximum Gasteiger partial charge on any atom is 0.416 e. The molecule has 0 aliphatic heterocycles. The smallest absolute Gasteiger partial charge is 0.407 e. The molecular formula is C31H24F8N2O3. The Balaban J connectivity index is 1.98. The van der Waals surface area contributed by atoms with Crippen LogP contribution in [0.1, 0.15) is 33.5 Å². The van der Waals surface area contributed by atoms with Crippen molar-refractivity contribution in [3.8, 4) is 5.75 Å². The van der Waals surface area contributed by atoms with E-state index in [2.05, 4.69) is 10.6 Å². The molecule has 0 saturated heterocycles. The topological polar surface area (TPSA) is 67.4 Å². The maximum atomic E-state index is 14.9. The predicted molar refractivity (Wildman–Crippen MR) is 144 cm³/mol. The van der Waals surface area contributed by atoms with E-state index in [1.54, 1.807) is 30.3 Å². The maximum absolute atomic E-state index is 14.9. The quantitative estimate of drug-likeness (QED) is 0.264. The highest BCUT2D eigenvalue weighted by molar-refractivity contribution is 5.95. The second-order valence-corrected chi connectivity index (χ2v) is 9.97. The highest BCUT2D eigenvalue weighted by atomic mass is 19.4. The molecule has 3 aromatic carbocycles. The van der Waals surface area contributed by atoms with Crippen molar-refractivity contribution in [2.24, 2.45) is 5.92 Å². The molecule has 1 aliphatic rings. The molecule has 4 rings (SSSR count). The van der Waals surface area contributed by atoms with Crippen LogP contribution in [0.3, 0.4) is 0 Å². The van der Waals surface area contributed by atoms with E-state index in [9.17, 15) is 44.7 Å². The summed E-state index contributed by atoms with van der Waals surface area (Å²) in [4.78, 5) is 25.6. The molecule has 0 bridgehead atoms. The van der Waals surface area contributed by atoms with Gasteiger partial charge in [-0.05, 0) is 47.5 Å². The normalized spacial score (nSPS) is 16.7. The minimum atomic E-state index is -5.00. The summed E-state index contributed by atoms with van der Waals surface area (Å²) in [7, 11) is 1.19. The molecule has 1 unspecified atom stereocenters. The van der Waals surface area contributed by atoms with Gasteiger partial charge in [0.2, 0.25) is 0 Å². The molecular weight excluding hydrogens is 600 g/mol. The van der Waals surface area contributed by atoms with Crippen molar-refractivity contribution in [3.63, 3.8) is 0 Å². The van der Waals surface area contributed by atoms with Gasteiger partial charge in [-0.25, -0.2) is 13.6 Å². The van der Waals surface area contributed by atoms with Crippen molar-refractivity contribution in [2.75, 3.05) is 7.05 Å². The lowest BCUT2D eigenvalue weighted by Gasteiger charge is -2.42. The van der Waals surface area contributed by atoms with Gasteiger partial charge in [0.05, 0.1) is 16.7 Å². The number of carbonyl (C=O) groups is 2. The van der Waals surface area contributed by atoms with Crippen molar-refractivity contribution in [1.82, 2.24) is 10.6 Å². The Labute approximate surface area is 246 Å². The Kier molecular flexibility index (Phi) is 9.17. The Morgan fingerprint density at radius 3 is 2.20 bits per heavy atom. The summed E-state index contributed by atoms with van der Waals surface area (Å²) in [5, 5.41) is 4.70. The van der Waals surface area contributed by atoms with Gasteiger partial charge in [0, 0.05) is 31.4 Å². The number of amides is 2. The van der Waals surface area contributed by atoms with Gasteiger partial charge in [-0.15, -0.1) is 0 Å². The predicted octanol–water partition coefficient (Wildman–Crippen LogP) is 7.79. The van der Waals surface area contributed by atoms with Crippen LogP contribution in [0.2, 0.25) is 0 Å². The van der Waals surface area contributed by atoms with E-state index < -0.39 is 76.3 Å². The number of halogens is 8. The standard InChI is InChI=1S/C31H24F8N2O3/c1-40-28(43)44-26-16-20(10-11-25(26)33)29(17-18-6-3-2-4-7-18,22-13-23(31(37,38)39)15-24(32)14-22)41-27(42)19-8-5-9-21(12-19)30(34,35)36/h2-13,15-16,22H,14,17H2,1H3,(H,40,43)(H,41,42)/t22?,29-/m1/s1. The molecule has 44 heavy (non-hydrogen) atoms. The van der Waals surface area contributed by atoms with Crippen LogP contribution in [0.5, 0.6) is 5.75 Å². The van der Waals surface area contributed by atoms with Gasteiger partial charge >= 0.3 is 18.4 Å². The fraction of sp³-hybridized carbons (Fsp3) is 0.226. The molecule has 2 atom stereocenters. The number of allylic oxidation sites excluding steroid dienone is 3. The summed E-state index contributed by atoms with van der Waals surface area (Å²) >= 11 is 0. The van der Waals surface area contributed by atoms with Crippen LogP contribution in [-0.2, 0) is 18.1 Å². The molecule has 0 heterocycles. The number of benzene rings is 3. The average molecular weight is 625 g/mol. The molecule has 232 valence electrons. The molecule has 1 aliphatic carbocycles. The lowest BCUT2D eigenvalue weighted by Crippen LogP contribution is -2.53. The third kappa shape index (κ3) is 7.26. The van der Waals surface area contributed by atoms with Gasteiger partial charge in [0.1, 0.15) is 5.83 Å². The first-order valence-electron chi connectivity index (χ1n) is 13.0. The molecule has 3 aromatic rings. The second kappa shape index (κ2) is 12.5. The zero-order valence-corrected chi connectivity index (χ0v) is 22.8. The van der Waals surface area contributed by atoms with Crippen LogP contribution in [0.15, 0.2) is 96.3 Å². The van der Waals surface area contributed by atoms with E-state index in [0.29, 0.717) is 23.8 Å². The zero-order chi connectivity index (χ0) is 32.3. The Hall–Kier alpha value is -4.68. The van der Waals surface area contributed by atoms with E-state index in [4.69, 9.17) is 4.74 Å². The third-order valence-electron chi connectivity index (χ3n) is 7.04. The monoisotopic (exact) mass is 624 g/mol. The molecule has 0 fully saturated rings. The molecule has 0 aromatic heterocycles. The highest BCUT2D eigenvalue weighted by Gasteiger charge is 2.46. The number of alkyl halides is 6. The van der Waals surface area contributed by atoms with Crippen molar-refractivity contribution in [1.29, 1.82) is 0 Å². The highest BCUT2D eigenvalue weighted by Crippen LogP contribution is 2.45. The van der Waals surface area contributed by atoms with Gasteiger partial charge in [-0.3, -0.25) is 4.79 Å². The number of rotatable bonds is 7. The lowest BCUT2D eigenvalue weighted by atomic mass is 9.70. The van der Waals surface area contributed by atoms with Gasteiger partial charge in [-0.2, -0.15) is 26.3 Å². The number of ether oxygens (including phenoxy) is 1. The second-order valence-electron chi connectivity index (χ2n) is 9.97. The van der Waals surface area contributed by atoms with E-state index in [1.165, 1.54) is 7.05 Å². The lowest BCUT2D eigenvalue weighted by molar-refractivity contribution is -0.137. The molecule has 5 nitrogen and oxygen atoms in total. The first-order chi connectivity index (χ1) is 20.6. The summed E-state index contributed by atoms with van der Waals surface area (Å²) in [6.45, 7) is 0. The summed E-state index contributed by atoms with van der Waals surface area (Å²) in [6, 6.07) is 14.2. The number of hydrogen-bond acceptors (Lipinski definition) is 3. The minimum Gasteiger partial charge on any atom is -0.407 e. The molecule has 0 radical (unpaired) electrons. The first-order valence-corrected chi connectivity index (χ1v) is 13.0. The van der Waals surface area contributed by atoms with Crippen molar-refractivity contribution in [3.05, 3.63) is 124 Å². The van der Waals surface area contributed by atoms with Crippen LogP contribution in [-0.4, -0.2) is 25.2 Å². The van der Waals surface area contributed by atoms with Crippen LogP contribution < -0.4 is 15.4 Å². The van der Waals surface area contributed by atoms with E-state index >= 15 is 0 Å². The number of hydrogen-bond donors (Lipinski definition) is 2. The van der Waals surface area contributed by atoms with Gasteiger partial charge in [-0.1, -0.05) is 48.5 Å². The van der Waals surface area contributed by atoms with Crippen LogP contribution in [0.4, 0.5) is 39.9 Å². The summed E-state index contributed by atoms with van der Waals surface area (Å²) in [5.74, 6) is -5.55. The Morgan fingerprint density at radius 2 is 1.57 bits per heavy atom. The fourth-order valence-electron chi connectivity index (χ4n) is 4.95. The summed E-state index contributed by atoms with van der Waals surface area (Å²) in [6.07, 6.45) is -10.9. The molecule has 2 amide bonds. The first kappa shape index (κ1) is 32.2. The van der Waals surface area contributed by atoms with Gasteiger partial charge in [0.25, 0.3) is 5.91 Å². The minimum absolute atomic E-state index is 0.112. The van der Waals surface area contributed by atoms with Crippen LogP contribution >= 0.6 is 0 Å². The Morgan fingerprint density at radius 1 is 0.864 bits per heavy atom. The van der Waals surface area contributed by atoms with Gasteiger partial charge in [0.15, 0.2) is 11.6 Å². The SMILES string of the molecule is CNC(=O)Oc1cc([C@@](Cc2ccccc2)(NC(=O)c2cccc(C(F)(F)F)c2)C2C=C(C(F)(F)F)C=C(F)C2)ccc1F. The molecule has 2 N–H and O–H groups in total. The molecule has 0 saturated carbocycles. The summed E-state index contributed by atoms with van der Waals surface area (Å²) < 4.78 is 117. The Bertz CT molecular complexity index is 1600. The van der Waals surface area contributed by atoms with Crippen LogP contribution in [0, 0.1) is 11.7 Å². The van der Waals surface area contributed by atoms with Gasteiger partial charge < -0.3 is 15.4 Å². The van der Waals surface area contributed by atoms with E-state index in [0.717, 1.165) is 36.4 Å². The van der Waals surface area contributed by atoms with Crippen LogP contribution in [0.25, 0.3) is 0 Å². The van der Waals surface area contributed by atoms with E-state index in [-0.39, 0.29) is 12.0 Å². The number of nitrogens with one attached hydrogen (secondary N) is 2. The number of carbonyl (C=O) groups excluding carboxylic acids is 2. The largest absolute Gasteiger partial charge is 0.416 e. The van der Waals surface area contributed by atoms with E-state index in [1.807, 2.05) is 0 Å².